The van der Waals surface area contributed by atoms with Gasteiger partial charge in [-0.05, 0) is 45.7 Å². The maximum atomic E-state index is 12.7. The highest BCUT2D eigenvalue weighted by Crippen LogP contribution is 2.52. The number of aliphatic hydroxyl groups is 1. The van der Waals surface area contributed by atoms with Crippen LogP contribution in [0.1, 0.15) is 48.4 Å². The Labute approximate surface area is 145 Å². The molecule has 2 N–H and O–H groups in total. The first-order valence-electron chi connectivity index (χ1n) is 8.98. The van der Waals surface area contributed by atoms with E-state index < -0.39 is 6.10 Å². The Bertz CT molecular complexity index is 647. The van der Waals surface area contributed by atoms with Crippen LogP contribution in [0.5, 0.6) is 0 Å². The average Bonchev–Trinajstić information content (AvgIpc) is 2.91. The van der Waals surface area contributed by atoms with Gasteiger partial charge in [0, 0.05) is 36.4 Å². The lowest BCUT2D eigenvalue weighted by molar-refractivity contribution is -0.0827. The van der Waals surface area contributed by atoms with Gasteiger partial charge in [-0.1, -0.05) is 13.8 Å². The summed E-state index contributed by atoms with van der Waals surface area (Å²) < 4.78 is 2.02. The van der Waals surface area contributed by atoms with Crippen molar-refractivity contribution in [1.29, 1.82) is 0 Å². The summed E-state index contributed by atoms with van der Waals surface area (Å²) in [6.45, 7) is 9.47. The molecule has 1 spiro atoms. The van der Waals surface area contributed by atoms with Gasteiger partial charge in [-0.3, -0.25) is 4.79 Å². The van der Waals surface area contributed by atoms with Crippen LogP contribution in [0.2, 0.25) is 0 Å². The number of nitrogens with zero attached hydrogens (tertiary/aromatic N) is 2. The summed E-state index contributed by atoms with van der Waals surface area (Å²) in [5.74, 6) is 0.496. The third-order valence-corrected chi connectivity index (χ3v) is 6.34. The molecule has 5 nitrogen and oxygen atoms in total. The fourth-order valence-electron chi connectivity index (χ4n) is 5.32. The Morgan fingerprint density at radius 1 is 1.33 bits per heavy atom. The van der Waals surface area contributed by atoms with Gasteiger partial charge >= 0.3 is 0 Å². The molecule has 0 bridgehead atoms. The Balaban J connectivity index is 1.72. The maximum absolute atomic E-state index is 12.7. The van der Waals surface area contributed by atoms with Gasteiger partial charge in [-0.25, -0.2) is 0 Å². The summed E-state index contributed by atoms with van der Waals surface area (Å²) >= 11 is 0. The van der Waals surface area contributed by atoms with Crippen LogP contribution < -0.4 is 5.32 Å². The van der Waals surface area contributed by atoms with Crippen LogP contribution in [0.25, 0.3) is 0 Å². The van der Waals surface area contributed by atoms with Crippen molar-refractivity contribution in [2.24, 2.45) is 18.4 Å². The molecule has 1 aromatic heterocycles. The van der Waals surface area contributed by atoms with Gasteiger partial charge in [0.1, 0.15) is 0 Å². The van der Waals surface area contributed by atoms with E-state index in [9.17, 15) is 9.90 Å². The first-order chi connectivity index (χ1) is 11.2. The number of likely N-dealkylation sites (tertiary alicyclic amines) is 1. The molecule has 134 valence electrons. The minimum Gasteiger partial charge on any atom is -0.391 e. The van der Waals surface area contributed by atoms with E-state index in [0.29, 0.717) is 17.5 Å². The standard InChI is InChI=1S/C19H31N3O2/c1-11(2)17-19(10-21(17)5)8-15(16(23)9-19)20-18(24)14-7-12(3)22(6)13(14)4/h7,11,15-17,23H,8-10H2,1-6H3,(H,20,24)/t15-,16-,17?,19?/m1/s1. The van der Waals surface area contributed by atoms with E-state index >= 15 is 0 Å². The van der Waals surface area contributed by atoms with Crippen LogP contribution in [0, 0.1) is 25.2 Å². The van der Waals surface area contributed by atoms with Gasteiger partial charge in [0.05, 0.1) is 17.7 Å². The zero-order valence-electron chi connectivity index (χ0n) is 15.8. The van der Waals surface area contributed by atoms with Crippen molar-refractivity contribution >= 4 is 5.91 Å². The van der Waals surface area contributed by atoms with Gasteiger partial charge in [0.2, 0.25) is 0 Å². The van der Waals surface area contributed by atoms with Crippen molar-refractivity contribution in [3.8, 4) is 0 Å². The number of amides is 1. The molecule has 2 unspecified atom stereocenters. The molecular weight excluding hydrogens is 302 g/mol. The Kier molecular flexibility index (Phi) is 4.29. The zero-order chi connectivity index (χ0) is 17.8. The topological polar surface area (TPSA) is 57.5 Å². The molecule has 5 heteroatoms. The van der Waals surface area contributed by atoms with E-state index in [1.165, 1.54) is 0 Å². The van der Waals surface area contributed by atoms with E-state index in [4.69, 9.17) is 0 Å². The summed E-state index contributed by atoms with van der Waals surface area (Å²) in [5.41, 5.74) is 2.91. The number of aliphatic hydroxyl groups excluding tert-OH is 1. The molecule has 2 heterocycles. The molecule has 1 saturated heterocycles. The molecule has 2 aliphatic rings. The third kappa shape index (κ3) is 2.58. The van der Waals surface area contributed by atoms with E-state index in [1.807, 2.05) is 31.5 Å². The number of hydrogen-bond acceptors (Lipinski definition) is 3. The third-order valence-electron chi connectivity index (χ3n) is 6.34. The summed E-state index contributed by atoms with van der Waals surface area (Å²) in [6.07, 6.45) is 1.21. The summed E-state index contributed by atoms with van der Waals surface area (Å²) in [7, 11) is 4.13. The van der Waals surface area contributed by atoms with Gasteiger partial charge in [0.15, 0.2) is 0 Å². The minimum absolute atomic E-state index is 0.0638. The van der Waals surface area contributed by atoms with E-state index in [1.54, 1.807) is 0 Å². The van der Waals surface area contributed by atoms with Gasteiger partial charge in [-0.2, -0.15) is 0 Å². The molecule has 2 fully saturated rings. The zero-order valence-corrected chi connectivity index (χ0v) is 15.8. The second-order valence-corrected chi connectivity index (χ2v) is 8.37. The van der Waals surface area contributed by atoms with Crippen molar-refractivity contribution in [3.05, 3.63) is 23.0 Å². The van der Waals surface area contributed by atoms with E-state index in [2.05, 4.69) is 31.1 Å². The molecule has 3 rings (SSSR count). The van der Waals surface area contributed by atoms with Gasteiger partial charge in [-0.15, -0.1) is 0 Å². The van der Waals surface area contributed by atoms with Gasteiger partial charge < -0.3 is 19.9 Å². The maximum Gasteiger partial charge on any atom is 0.253 e. The molecule has 1 aliphatic carbocycles. The Morgan fingerprint density at radius 3 is 2.50 bits per heavy atom. The number of hydrogen-bond donors (Lipinski definition) is 2. The van der Waals surface area contributed by atoms with Crippen LogP contribution in [0.15, 0.2) is 6.07 Å². The number of carbonyl (C=O) groups is 1. The van der Waals surface area contributed by atoms with Crippen molar-refractivity contribution in [1.82, 2.24) is 14.8 Å². The molecule has 0 radical (unpaired) electrons. The number of nitrogens with one attached hydrogen (secondary N) is 1. The number of aryl methyl sites for hydroxylation is 1. The van der Waals surface area contributed by atoms with Crippen LogP contribution in [0.3, 0.4) is 0 Å². The number of carbonyl (C=O) groups excluding carboxylic acids is 1. The first kappa shape index (κ1) is 17.5. The smallest absolute Gasteiger partial charge is 0.253 e. The van der Waals surface area contributed by atoms with Crippen molar-refractivity contribution in [3.63, 3.8) is 0 Å². The Morgan fingerprint density at radius 2 is 2.00 bits per heavy atom. The van der Waals surface area contributed by atoms with Crippen LogP contribution in [0.4, 0.5) is 0 Å². The average molecular weight is 333 g/mol. The number of rotatable bonds is 3. The molecule has 1 aliphatic heterocycles. The molecular formula is C19H31N3O2. The Hall–Kier alpha value is -1.33. The molecule has 1 saturated carbocycles. The quantitative estimate of drug-likeness (QED) is 0.888. The molecule has 0 aromatic carbocycles. The summed E-state index contributed by atoms with van der Waals surface area (Å²) in [5, 5.41) is 13.7. The van der Waals surface area contributed by atoms with Crippen LogP contribution >= 0.6 is 0 Å². The molecule has 1 amide bonds. The minimum atomic E-state index is -0.450. The van der Waals surface area contributed by atoms with Crippen LogP contribution in [-0.2, 0) is 7.05 Å². The summed E-state index contributed by atoms with van der Waals surface area (Å²) in [4.78, 5) is 15.1. The lowest BCUT2D eigenvalue weighted by Gasteiger charge is -2.57. The fourth-order valence-corrected chi connectivity index (χ4v) is 5.32. The summed E-state index contributed by atoms with van der Waals surface area (Å²) in [6, 6.07) is 2.28. The highest BCUT2D eigenvalue weighted by Gasteiger charge is 2.58. The highest BCUT2D eigenvalue weighted by atomic mass is 16.3. The van der Waals surface area contributed by atoms with Crippen LogP contribution in [-0.4, -0.2) is 52.3 Å². The normalized spacial score (nSPS) is 33.2. The van der Waals surface area contributed by atoms with Crippen molar-refractivity contribution in [2.75, 3.05) is 13.6 Å². The largest absolute Gasteiger partial charge is 0.391 e. The predicted molar refractivity (Wildman–Crippen MR) is 95.1 cm³/mol. The van der Waals surface area contributed by atoms with Crippen molar-refractivity contribution < 1.29 is 9.90 Å². The fraction of sp³-hybridized carbons (Fsp3) is 0.737. The first-order valence-corrected chi connectivity index (χ1v) is 8.98. The molecule has 1 aromatic rings. The highest BCUT2D eigenvalue weighted by molar-refractivity contribution is 5.96. The number of aromatic nitrogens is 1. The second kappa shape index (κ2) is 5.88. The lowest BCUT2D eigenvalue weighted by Crippen LogP contribution is -2.64. The second-order valence-electron chi connectivity index (χ2n) is 8.37. The van der Waals surface area contributed by atoms with Gasteiger partial charge in [0.25, 0.3) is 5.91 Å². The monoisotopic (exact) mass is 333 g/mol. The van der Waals surface area contributed by atoms with E-state index in [0.717, 1.165) is 30.8 Å². The van der Waals surface area contributed by atoms with Crippen molar-refractivity contribution in [2.45, 2.75) is 58.7 Å². The van der Waals surface area contributed by atoms with E-state index in [-0.39, 0.29) is 17.4 Å². The molecule has 4 atom stereocenters. The predicted octanol–water partition coefficient (Wildman–Crippen LogP) is 1.85. The molecule has 24 heavy (non-hydrogen) atoms. The lowest BCUT2D eigenvalue weighted by atomic mass is 9.66. The SMILES string of the molecule is Cc1cc(C(=O)N[C@@H]2CC3(C[C@H]2O)CN(C)C3C(C)C)c(C)n1C.